The van der Waals surface area contributed by atoms with Crippen molar-refractivity contribution in [2.24, 2.45) is 7.05 Å². The van der Waals surface area contributed by atoms with Crippen LogP contribution in [0.25, 0.3) is 22.0 Å². The molecule has 0 atom stereocenters. The van der Waals surface area contributed by atoms with E-state index in [1.54, 1.807) is 30.6 Å². The molecule has 25 heavy (non-hydrogen) atoms. The van der Waals surface area contributed by atoms with Gasteiger partial charge >= 0.3 is 0 Å². The SMILES string of the molecule is CN(C)C(=O)CCc1c(-c2ccccc2)n(C)c(=O)c2ccccc12. The van der Waals surface area contributed by atoms with Crippen LogP contribution in [0.5, 0.6) is 0 Å². The Morgan fingerprint density at radius 2 is 1.56 bits per heavy atom. The molecule has 0 aliphatic rings. The topological polar surface area (TPSA) is 42.3 Å². The lowest BCUT2D eigenvalue weighted by molar-refractivity contribution is -0.128. The summed E-state index contributed by atoms with van der Waals surface area (Å²) >= 11 is 0. The van der Waals surface area contributed by atoms with Crippen molar-refractivity contribution >= 4 is 16.7 Å². The summed E-state index contributed by atoms with van der Waals surface area (Å²) in [5.74, 6) is 0.0805. The van der Waals surface area contributed by atoms with E-state index in [9.17, 15) is 9.59 Å². The lowest BCUT2D eigenvalue weighted by Crippen LogP contribution is -2.24. The molecular formula is C21H22N2O2. The number of benzene rings is 2. The van der Waals surface area contributed by atoms with Gasteiger partial charge < -0.3 is 9.47 Å². The van der Waals surface area contributed by atoms with Crippen LogP contribution in [0.4, 0.5) is 0 Å². The Balaban J connectivity index is 2.25. The first-order valence-corrected chi connectivity index (χ1v) is 8.37. The Morgan fingerprint density at radius 1 is 0.960 bits per heavy atom. The van der Waals surface area contributed by atoms with Crippen molar-refractivity contribution in [1.29, 1.82) is 0 Å². The number of rotatable bonds is 4. The molecule has 128 valence electrons. The Bertz CT molecular complexity index is 972. The molecular weight excluding hydrogens is 312 g/mol. The Hall–Kier alpha value is -2.88. The molecule has 0 aliphatic heterocycles. The summed E-state index contributed by atoms with van der Waals surface area (Å²) in [7, 11) is 5.33. The van der Waals surface area contributed by atoms with Gasteiger partial charge in [0, 0.05) is 33.0 Å². The fraction of sp³-hybridized carbons (Fsp3) is 0.238. The summed E-state index contributed by atoms with van der Waals surface area (Å²) in [6.45, 7) is 0. The fourth-order valence-corrected chi connectivity index (χ4v) is 3.22. The summed E-state index contributed by atoms with van der Waals surface area (Å²) in [4.78, 5) is 26.5. The second-order valence-electron chi connectivity index (χ2n) is 6.39. The van der Waals surface area contributed by atoms with Crippen LogP contribution in [-0.2, 0) is 18.3 Å². The Kier molecular flexibility index (Phi) is 4.70. The molecule has 3 aromatic rings. The van der Waals surface area contributed by atoms with E-state index in [1.807, 2.05) is 54.6 Å². The highest BCUT2D eigenvalue weighted by Crippen LogP contribution is 2.29. The number of aryl methyl sites for hydroxylation is 1. The molecule has 1 heterocycles. The number of hydrogen-bond acceptors (Lipinski definition) is 2. The van der Waals surface area contributed by atoms with Crippen molar-refractivity contribution in [3.05, 3.63) is 70.5 Å². The van der Waals surface area contributed by atoms with Crippen molar-refractivity contribution in [3.63, 3.8) is 0 Å². The minimum atomic E-state index is -0.0165. The smallest absolute Gasteiger partial charge is 0.258 e. The second kappa shape index (κ2) is 6.93. The first kappa shape index (κ1) is 17.0. The zero-order valence-corrected chi connectivity index (χ0v) is 14.8. The van der Waals surface area contributed by atoms with Crippen molar-refractivity contribution in [2.75, 3.05) is 14.1 Å². The molecule has 0 N–H and O–H groups in total. The van der Waals surface area contributed by atoms with E-state index >= 15 is 0 Å². The van der Waals surface area contributed by atoms with Crippen molar-refractivity contribution in [1.82, 2.24) is 9.47 Å². The lowest BCUT2D eigenvalue weighted by Gasteiger charge is -2.18. The number of carbonyl (C=O) groups is 1. The first-order chi connectivity index (χ1) is 12.0. The number of carbonyl (C=O) groups excluding carboxylic acids is 1. The molecule has 0 aliphatic carbocycles. The molecule has 4 heteroatoms. The molecule has 0 fully saturated rings. The molecule has 0 bridgehead atoms. The van der Waals surface area contributed by atoms with Gasteiger partial charge in [-0.3, -0.25) is 9.59 Å². The maximum Gasteiger partial charge on any atom is 0.258 e. The number of aromatic nitrogens is 1. The molecule has 3 rings (SSSR count). The molecule has 1 amide bonds. The van der Waals surface area contributed by atoms with Crippen LogP contribution in [0.3, 0.4) is 0 Å². The van der Waals surface area contributed by atoms with E-state index in [1.165, 1.54) is 0 Å². The average molecular weight is 334 g/mol. The highest BCUT2D eigenvalue weighted by molar-refractivity contribution is 5.90. The van der Waals surface area contributed by atoms with Gasteiger partial charge in [-0.15, -0.1) is 0 Å². The predicted molar refractivity (Wildman–Crippen MR) is 102 cm³/mol. The van der Waals surface area contributed by atoms with E-state index in [-0.39, 0.29) is 11.5 Å². The number of nitrogens with zero attached hydrogens (tertiary/aromatic N) is 2. The number of pyridine rings is 1. The average Bonchev–Trinajstić information content (AvgIpc) is 2.63. The number of fused-ring (bicyclic) bond motifs is 1. The van der Waals surface area contributed by atoms with Gasteiger partial charge in [0.05, 0.1) is 5.69 Å². The molecule has 0 spiro atoms. The maximum atomic E-state index is 12.8. The van der Waals surface area contributed by atoms with Crippen LogP contribution in [-0.4, -0.2) is 29.5 Å². The van der Waals surface area contributed by atoms with Gasteiger partial charge in [0.2, 0.25) is 5.91 Å². The van der Waals surface area contributed by atoms with E-state index < -0.39 is 0 Å². The van der Waals surface area contributed by atoms with E-state index in [0.717, 1.165) is 22.2 Å². The van der Waals surface area contributed by atoms with Crippen LogP contribution < -0.4 is 5.56 Å². The Labute approximate surface area is 147 Å². The number of hydrogen-bond donors (Lipinski definition) is 0. The molecule has 0 saturated carbocycles. The van der Waals surface area contributed by atoms with Crippen LogP contribution in [0, 0.1) is 0 Å². The first-order valence-electron chi connectivity index (χ1n) is 8.37. The zero-order valence-electron chi connectivity index (χ0n) is 14.8. The number of amides is 1. The lowest BCUT2D eigenvalue weighted by atomic mass is 9.95. The summed E-state index contributed by atoms with van der Waals surface area (Å²) in [5, 5.41) is 1.62. The highest BCUT2D eigenvalue weighted by atomic mass is 16.2. The molecule has 2 aromatic carbocycles. The predicted octanol–water partition coefficient (Wildman–Crippen LogP) is 3.23. The van der Waals surface area contributed by atoms with Crippen LogP contribution >= 0.6 is 0 Å². The van der Waals surface area contributed by atoms with Crippen molar-refractivity contribution in [2.45, 2.75) is 12.8 Å². The van der Waals surface area contributed by atoms with Gasteiger partial charge in [0.15, 0.2) is 0 Å². The van der Waals surface area contributed by atoms with E-state index in [0.29, 0.717) is 18.2 Å². The largest absolute Gasteiger partial charge is 0.349 e. The van der Waals surface area contributed by atoms with E-state index in [4.69, 9.17) is 0 Å². The molecule has 0 radical (unpaired) electrons. The van der Waals surface area contributed by atoms with Gasteiger partial charge in [-0.25, -0.2) is 0 Å². The fourth-order valence-electron chi connectivity index (χ4n) is 3.22. The van der Waals surface area contributed by atoms with Gasteiger partial charge in [-0.05, 0) is 29.0 Å². The van der Waals surface area contributed by atoms with Gasteiger partial charge in [0.25, 0.3) is 5.56 Å². The summed E-state index contributed by atoms with van der Waals surface area (Å²) < 4.78 is 1.70. The minimum absolute atomic E-state index is 0.0165. The summed E-state index contributed by atoms with van der Waals surface area (Å²) in [6, 6.07) is 17.5. The van der Waals surface area contributed by atoms with Gasteiger partial charge in [-0.2, -0.15) is 0 Å². The van der Waals surface area contributed by atoms with Gasteiger partial charge in [0.1, 0.15) is 0 Å². The summed E-state index contributed by atoms with van der Waals surface area (Å²) in [6.07, 6.45) is 1.00. The Morgan fingerprint density at radius 3 is 2.20 bits per heavy atom. The van der Waals surface area contributed by atoms with Crippen LogP contribution in [0.1, 0.15) is 12.0 Å². The second-order valence-corrected chi connectivity index (χ2v) is 6.39. The third-order valence-corrected chi connectivity index (χ3v) is 4.54. The minimum Gasteiger partial charge on any atom is -0.349 e. The standard InChI is InChI=1S/C21H22N2O2/c1-22(2)19(24)14-13-17-16-11-7-8-12-18(16)21(25)23(3)20(17)15-9-5-4-6-10-15/h4-12H,13-14H2,1-3H3. The van der Waals surface area contributed by atoms with Gasteiger partial charge in [-0.1, -0.05) is 48.5 Å². The van der Waals surface area contributed by atoms with Crippen molar-refractivity contribution < 1.29 is 4.79 Å². The normalized spacial score (nSPS) is 10.8. The summed E-state index contributed by atoms with van der Waals surface area (Å²) in [5.41, 5.74) is 2.90. The zero-order chi connectivity index (χ0) is 18.0. The van der Waals surface area contributed by atoms with Crippen LogP contribution in [0.2, 0.25) is 0 Å². The molecule has 0 unspecified atom stereocenters. The third kappa shape index (κ3) is 3.20. The van der Waals surface area contributed by atoms with Crippen molar-refractivity contribution in [3.8, 4) is 11.3 Å². The monoisotopic (exact) mass is 334 g/mol. The van der Waals surface area contributed by atoms with E-state index in [2.05, 4.69) is 0 Å². The molecule has 1 aromatic heterocycles. The third-order valence-electron chi connectivity index (χ3n) is 4.54. The maximum absolute atomic E-state index is 12.8. The quantitative estimate of drug-likeness (QED) is 0.735. The molecule has 0 saturated heterocycles. The molecule has 4 nitrogen and oxygen atoms in total. The highest BCUT2D eigenvalue weighted by Gasteiger charge is 2.17. The van der Waals surface area contributed by atoms with Crippen LogP contribution in [0.15, 0.2) is 59.4 Å².